The molecular formula is C15H21ClN4O. The SMILES string of the molecule is COc1ncnc2c1nc(CCCl)n2C1CCCCC1C. The maximum absolute atomic E-state index is 5.96. The second-order valence-corrected chi connectivity index (χ2v) is 6.10. The number of fused-ring (bicyclic) bond motifs is 1. The molecule has 0 aliphatic heterocycles. The third kappa shape index (κ3) is 2.59. The van der Waals surface area contributed by atoms with E-state index in [2.05, 4.69) is 21.5 Å². The minimum absolute atomic E-state index is 0.446. The molecule has 0 bridgehead atoms. The lowest BCUT2D eigenvalue weighted by Gasteiger charge is -2.31. The molecule has 0 radical (unpaired) electrons. The Bertz CT molecular complexity index is 627. The maximum Gasteiger partial charge on any atom is 0.245 e. The smallest absolute Gasteiger partial charge is 0.245 e. The molecular weight excluding hydrogens is 288 g/mol. The molecule has 2 heterocycles. The number of nitrogens with zero attached hydrogens (tertiary/aromatic N) is 4. The van der Waals surface area contributed by atoms with Crippen LogP contribution in [0.1, 0.15) is 44.5 Å². The Kier molecular flexibility index (Phi) is 4.29. The molecule has 2 atom stereocenters. The van der Waals surface area contributed by atoms with Crippen molar-refractivity contribution in [3.63, 3.8) is 0 Å². The quantitative estimate of drug-likeness (QED) is 0.813. The van der Waals surface area contributed by atoms with Gasteiger partial charge in [0.25, 0.3) is 0 Å². The molecule has 1 fully saturated rings. The Hall–Kier alpha value is -1.36. The minimum atomic E-state index is 0.446. The van der Waals surface area contributed by atoms with Gasteiger partial charge in [0.1, 0.15) is 12.2 Å². The van der Waals surface area contributed by atoms with E-state index in [0.717, 1.165) is 23.4 Å². The number of imidazole rings is 1. The van der Waals surface area contributed by atoms with Gasteiger partial charge < -0.3 is 9.30 Å². The van der Waals surface area contributed by atoms with Crippen LogP contribution in [0.25, 0.3) is 11.2 Å². The summed E-state index contributed by atoms with van der Waals surface area (Å²) in [6.07, 6.45) is 7.30. The molecule has 1 aliphatic rings. The molecule has 6 heteroatoms. The predicted octanol–water partition coefficient (Wildman–Crippen LogP) is 3.37. The zero-order valence-corrected chi connectivity index (χ0v) is 13.3. The highest BCUT2D eigenvalue weighted by Gasteiger charge is 2.28. The normalized spacial score (nSPS) is 22.6. The maximum atomic E-state index is 5.96. The predicted molar refractivity (Wildman–Crippen MR) is 83.0 cm³/mol. The minimum Gasteiger partial charge on any atom is -0.479 e. The van der Waals surface area contributed by atoms with Crippen LogP contribution in [-0.2, 0) is 6.42 Å². The van der Waals surface area contributed by atoms with Gasteiger partial charge in [-0.3, -0.25) is 0 Å². The Labute approximate surface area is 129 Å². The van der Waals surface area contributed by atoms with Crippen molar-refractivity contribution in [2.45, 2.75) is 45.1 Å². The van der Waals surface area contributed by atoms with Crippen LogP contribution in [0.2, 0.25) is 0 Å². The van der Waals surface area contributed by atoms with Gasteiger partial charge in [-0.2, -0.15) is 4.98 Å². The first-order valence-corrected chi connectivity index (χ1v) is 8.11. The van der Waals surface area contributed by atoms with Gasteiger partial charge >= 0.3 is 0 Å². The van der Waals surface area contributed by atoms with E-state index in [1.165, 1.54) is 25.7 Å². The van der Waals surface area contributed by atoms with E-state index < -0.39 is 0 Å². The van der Waals surface area contributed by atoms with Gasteiger partial charge in [0.2, 0.25) is 5.88 Å². The summed E-state index contributed by atoms with van der Waals surface area (Å²) in [5.74, 6) is 2.72. The molecule has 2 aromatic heterocycles. The van der Waals surface area contributed by atoms with Gasteiger partial charge in [-0.15, -0.1) is 11.6 Å². The lowest BCUT2D eigenvalue weighted by atomic mass is 9.85. The van der Waals surface area contributed by atoms with Gasteiger partial charge in [0.05, 0.1) is 7.11 Å². The number of ether oxygens (including phenoxy) is 1. The Morgan fingerprint density at radius 3 is 2.86 bits per heavy atom. The number of rotatable bonds is 4. The third-order valence-electron chi connectivity index (χ3n) is 4.43. The van der Waals surface area contributed by atoms with Crippen LogP contribution in [-0.4, -0.2) is 32.5 Å². The van der Waals surface area contributed by atoms with E-state index in [4.69, 9.17) is 21.3 Å². The Morgan fingerprint density at radius 1 is 1.33 bits per heavy atom. The van der Waals surface area contributed by atoms with E-state index in [1.54, 1.807) is 13.4 Å². The zero-order valence-electron chi connectivity index (χ0n) is 12.5. The van der Waals surface area contributed by atoms with Crippen LogP contribution in [0, 0.1) is 5.92 Å². The second-order valence-electron chi connectivity index (χ2n) is 5.72. The summed E-state index contributed by atoms with van der Waals surface area (Å²) in [5.41, 5.74) is 1.62. The number of aromatic nitrogens is 4. The molecule has 5 nitrogen and oxygen atoms in total. The highest BCUT2D eigenvalue weighted by molar-refractivity contribution is 6.17. The van der Waals surface area contributed by atoms with E-state index in [-0.39, 0.29) is 0 Å². The van der Waals surface area contributed by atoms with Crippen LogP contribution in [0.5, 0.6) is 5.88 Å². The van der Waals surface area contributed by atoms with Gasteiger partial charge in [0, 0.05) is 18.3 Å². The van der Waals surface area contributed by atoms with Crippen molar-refractivity contribution in [3.05, 3.63) is 12.2 Å². The summed E-state index contributed by atoms with van der Waals surface area (Å²) in [6.45, 7) is 2.32. The lowest BCUT2D eigenvalue weighted by molar-refractivity contribution is 0.257. The molecule has 0 saturated heterocycles. The second kappa shape index (κ2) is 6.18. The summed E-state index contributed by atoms with van der Waals surface area (Å²) < 4.78 is 7.61. The van der Waals surface area contributed by atoms with Crippen molar-refractivity contribution in [2.75, 3.05) is 13.0 Å². The van der Waals surface area contributed by atoms with Crippen molar-refractivity contribution in [1.82, 2.24) is 19.5 Å². The van der Waals surface area contributed by atoms with Crippen molar-refractivity contribution in [2.24, 2.45) is 5.92 Å². The molecule has 0 N–H and O–H groups in total. The number of halogens is 1. The molecule has 3 rings (SSSR count). The van der Waals surface area contributed by atoms with Gasteiger partial charge in [0.15, 0.2) is 11.2 Å². The molecule has 114 valence electrons. The molecule has 0 amide bonds. The fourth-order valence-electron chi connectivity index (χ4n) is 3.37. The summed E-state index contributed by atoms with van der Waals surface area (Å²) in [6, 6.07) is 0.446. The molecule has 1 saturated carbocycles. The van der Waals surface area contributed by atoms with Crippen molar-refractivity contribution < 1.29 is 4.74 Å². The fraction of sp³-hybridized carbons (Fsp3) is 0.667. The van der Waals surface area contributed by atoms with E-state index in [1.807, 2.05) is 0 Å². The van der Waals surface area contributed by atoms with Gasteiger partial charge in [-0.25, -0.2) is 9.97 Å². The van der Waals surface area contributed by atoms with E-state index >= 15 is 0 Å². The molecule has 1 aliphatic carbocycles. The molecule has 2 unspecified atom stereocenters. The summed E-state index contributed by atoms with van der Waals surface area (Å²) in [4.78, 5) is 13.3. The van der Waals surface area contributed by atoms with Gasteiger partial charge in [-0.05, 0) is 18.8 Å². The highest BCUT2D eigenvalue weighted by atomic mass is 35.5. The van der Waals surface area contributed by atoms with E-state index in [9.17, 15) is 0 Å². The molecule has 2 aromatic rings. The first kappa shape index (κ1) is 14.6. The number of alkyl halides is 1. The summed E-state index contributed by atoms with van der Waals surface area (Å²) in [5, 5.41) is 0. The number of hydrogen-bond donors (Lipinski definition) is 0. The average molecular weight is 309 g/mol. The standard InChI is InChI=1S/C15H21ClN4O/c1-10-5-3-4-6-11(10)20-12(7-8-16)19-13-14(20)17-9-18-15(13)21-2/h9-11H,3-8H2,1-2H3. The van der Waals surface area contributed by atoms with Crippen molar-refractivity contribution in [1.29, 1.82) is 0 Å². The topological polar surface area (TPSA) is 52.8 Å². The van der Waals surface area contributed by atoms with E-state index in [0.29, 0.717) is 23.7 Å². The summed E-state index contributed by atoms with van der Waals surface area (Å²) in [7, 11) is 1.62. The fourth-order valence-corrected chi connectivity index (χ4v) is 3.54. The monoisotopic (exact) mass is 308 g/mol. The van der Waals surface area contributed by atoms with Crippen LogP contribution >= 0.6 is 11.6 Å². The molecule has 0 spiro atoms. The largest absolute Gasteiger partial charge is 0.479 e. The number of methoxy groups -OCH3 is 1. The van der Waals surface area contributed by atoms with Crippen LogP contribution in [0.15, 0.2) is 6.33 Å². The lowest BCUT2D eigenvalue weighted by Crippen LogP contribution is -2.23. The van der Waals surface area contributed by atoms with Crippen LogP contribution < -0.4 is 4.74 Å². The first-order chi connectivity index (χ1) is 10.3. The summed E-state index contributed by atoms with van der Waals surface area (Å²) >= 11 is 5.96. The highest BCUT2D eigenvalue weighted by Crippen LogP contribution is 2.37. The Morgan fingerprint density at radius 2 is 2.14 bits per heavy atom. The third-order valence-corrected chi connectivity index (χ3v) is 4.61. The zero-order chi connectivity index (χ0) is 14.8. The Balaban J connectivity index is 2.16. The molecule has 0 aromatic carbocycles. The molecule has 21 heavy (non-hydrogen) atoms. The van der Waals surface area contributed by atoms with Crippen LogP contribution in [0.3, 0.4) is 0 Å². The number of aryl methyl sites for hydroxylation is 1. The van der Waals surface area contributed by atoms with Crippen molar-refractivity contribution >= 4 is 22.8 Å². The van der Waals surface area contributed by atoms with Crippen LogP contribution in [0.4, 0.5) is 0 Å². The average Bonchev–Trinajstić information content (AvgIpc) is 2.86. The van der Waals surface area contributed by atoms with Gasteiger partial charge in [-0.1, -0.05) is 19.8 Å². The first-order valence-electron chi connectivity index (χ1n) is 7.58. The number of hydrogen-bond acceptors (Lipinski definition) is 4. The van der Waals surface area contributed by atoms with Crippen molar-refractivity contribution in [3.8, 4) is 5.88 Å².